The highest BCUT2D eigenvalue weighted by Crippen LogP contribution is 2.52. The first-order chi connectivity index (χ1) is 14.5. The van der Waals surface area contributed by atoms with E-state index in [4.69, 9.17) is 11.6 Å². The van der Waals surface area contributed by atoms with Gasteiger partial charge in [-0.3, -0.25) is 19.5 Å². The smallest absolute Gasteiger partial charge is 0.233 e. The Balaban J connectivity index is 1.13. The first-order valence-electron chi connectivity index (χ1n) is 10.8. The summed E-state index contributed by atoms with van der Waals surface area (Å²) in [6, 6.07) is 8.06. The number of likely N-dealkylation sites (tertiary alicyclic amines) is 1. The summed E-state index contributed by atoms with van der Waals surface area (Å²) in [5.41, 5.74) is 1.42. The predicted molar refractivity (Wildman–Crippen MR) is 116 cm³/mol. The van der Waals surface area contributed by atoms with Crippen molar-refractivity contribution in [3.63, 3.8) is 0 Å². The van der Waals surface area contributed by atoms with E-state index >= 15 is 0 Å². The van der Waals surface area contributed by atoms with Crippen molar-refractivity contribution in [2.75, 3.05) is 26.7 Å². The Hall–Kier alpha value is -2.34. The molecule has 5 rings (SSSR count). The third kappa shape index (κ3) is 3.22. The van der Waals surface area contributed by atoms with Crippen LogP contribution in [-0.4, -0.2) is 49.4 Å². The van der Waals surface area contributed by atoms with Gasteiger partial charge in [-0.15, -0.1) is 0 Å². The molecule has 30 heavy (non-hydrogen) atoms. The Bertz CT molecular complexity index is 892. The van der Waals surface area contributed by atoms with Crippen molar-refractivity contribution in [3.8, 4) is 0 Å². The molecule has 3 fully saturated rings. The summed E-state index contributed by atoms with van der Waals surface area (Å²) in [6.45, 7) is 1.66. The molecule has 7 heteroatoms. The summed E-state index contributed by atoms with van der Waals surface area (Å²) in [5.74, 6) is 0.963. The van der Waals surface area contributed by atoms with E-state index in [1.165, 1.54) is 10.5 Å². The zero-order valence-electron chi connectivity index (χ0n) is 17.1. The number of carbonyl (C=O) groups excluding carboxylic acids is 2. The van der Waals surface area contributed by atoms with E-state index in [0.717, 1.165) is 30.8 Å². The molecule has 158 valence electrons. The van der Waals surface area contributed by atoms with Crippen molar-refractivity contribution in [1.82, 2.24) is 15.5 Å². The molecule has 4 aliphatic rings. The number of allylic oxidation sites excluding steroid dienone is 2. The Morgan fingerprint density at radius 1 is 1.10 bits per heavy atom. The fourth-order valence-corrected chi connectivity index (χ4v) is 5.59. The highest BCUT2D eigenvalue weighted by atomic mass is 35.5. The molecular formula is C23H27ClN4O2. The minimum atomic E-state index is -0.126. The molecule has 1 aromatic carbocycles. The SMILES string of the molecule is CN=C(NCCN1C(=O)C2C3C=CC(C3)C2C1=O)NCC1(c2ccc(Cl)cc2)CC1. The molecule has 6 nitrogen and oxygen atoms in total. The van der Waals surface area contributed by atoms with Crippen LogP contribution in [0.15, 0.2) is 41.4 Å². The number of aliphatic imine (C=N–C) groups is 1. The third-order valence-corrected chi connectivity index (χ3v) is 7.57. The third-order valence-electron chi connectivity index (χ3n) is 7.32. The van der Waals surface area contributed by atoms with Gasteiger partial charge in [0.15, 0.2) is 5.96 Å². The van der Waals surface area contributed by atoms with Gasteiger partial charge in [-0.2, -0.15) is 0 Å². The molecule has 0 aromatic heterocycles. The van der Waals surface area contributed by atoms with E-state index in [9.17, 15) is 9.59 Å². The lowest BCUT2D eigenvalue weighted by atomic mass is 9.85. The van der Waals surface area contributed by atoms with Gasteiger partial charge >= 0.3 is 0 Å². The summed E-state index contributed by atoms with van der Waals surface area (Å²) in [7, 11) is 1.73. The maximum atomic E-state index is 12.8. The van der Waals surface area contributed by atoms with Crippen LogP contribution in [0.1, 0.15) is 24.8 Å². The molecule has 1 saturated heterocycles. The molecule has 2 N–H and O–H groups in total. The van der Waals surface area contributed by atoms with Gasteiger partial charge in [0.25, 0.3) is 0 Å². The number of hydrogen-bond acceptors (Lipinski definition) is 3. The minimum Gasteiger partial charge on any atom is -0.356 e. The zero-order valence-corrected chi connectivity index (χ0v) is 17.9. The van der Waals surface area contributed by atoms with Crippen LogP contribution in [0.2, 0.25) is 5.02 Å². The van der Waals surface area contributed by atoms with Crippen molar-refractivity contribution in [1.29, 1.82) is 0 Å². The number of guanidine groups is 1. The fraction of sp³-hybridized carbons (Fsp3) is 0.522. The Morgan fingerprint density at radius 2 is 1.73 bits per heavy atom. The predicted octanol–water partition coefficient (Wildman–Crippen LogP) is 2.34. The second-order valence-electron chi connectivity index (χ2n) is 8.97. The van der Waals surface area contributed by atoms with E-state index in [2.05, 4.69) is 39.9 Å². The Morgan fingerprint density at radius 3 is 2.30 bits per heavy atom. The molecule has 1 aromatic rings. The molecule has 2 amide bonds. The van der Waals surface area contributed by atoms with E-state index in [1.807, 2.05) is 12.1 Å². The van der Waals surface area contributed by atoms with E-state index in [0.29, 0.717) is 19.0 Å². The monoisotopic (exact) mass is 426 g/mol. The van der Waals surface area contributed by atoms with Crippen LogP contribution in [0.5, 0.6) is 0 Å². The van der Waals surface area contributed by atoms with Gasteiger partial charge < -0.3 is 10.6 Å². The number of amides is 2. The quantitative estimate of drug-likeness (QED) is 0.317. The summed E-state index contributed by atoms with van der Waals surface area (Å²) < 4.78 is 0. The lowest BCUT2D eigenvalue weighted by Crippen LogP contribution is -2.45. The summed E-state index contributed by atoms with van der Waals surface area (Å²) in [6.07, 6.45) is 7.48. The molecule has 3 aliphatic carbocycles. The van der Waals surface area contributed by atoms with Gasteiger partial charge in [-0.05, 0) is 48.8 Å². The summed E-state index contributed by atoms with van der Waals surface area (Å²) >= 11 is 6.01. The van der Waals surface area contributed by atoms with Gasteiger partial charge in [0.2, 0.25) is 11.8 Å². The Kier molecular flexibility index (Phi) is 4.85. The number of imide groups is 1. The number of nitrogens with zero attached hydrogens (tertiary/aromatic N) is 2. The highest BCUT2D eigenvalue weighted by molar-refractivity contribution is 6.30. The maximum absolute atomic E-state index is 12.8. The van der Waals surface area contributed by atoms with Crippen LogP contribution in [0.25, 0.3) is 0 Å². The van der Waals surface area contributed by atoms with Gasteiger partial charge in [0, 0.05) is 37.1 Å². The topological polar surface area (TPSA) is 73.8 Å². The number of halogens is 1. The minimum absolute atomic E-state index is 0.00580. The lowest BCUT2D eigenvalue weighted by Gasteiger charge is -2.21. The standard InChI is InChI=1S/C23H27ClN4O2/c1-25-22(27-13-23(8-9-23)16-4-6-17(24)7-5-16)26-10-11-28-20(29)18-14-2-3-15(12-14)19(18)21(28)30/h2-7,14-15,18-19H,8-13H2,1H3,(H2,25,26,27). The first kappa shape index (κ1) is 19.6. The summed E-state index contributed by atoms with van der Waals surface area (Å²) in [4.78, 5) is 31.3. The van der Waals surface area contributed by atoms with E-state index in [-0.39, 0.29) is 40.9 Å². The van der Waals surface area contributed by atoms with Gasteiger partial charge in [-0.25, -0.2) is 0 Å². The molecular weight excluding hydrogens is 400 g/mol. The number of rotatable bonds is 6. The van der Waals surface area contributed by atoms with Crippen LogP contribution in [0, 0.1) is 23.7 Å². The largest absolute Gasteiger partial charge is 0.356 e. The van der Waals surface area contributed by atoms with E-state index in [1.54, 1.807) is 7.05 Å². The van der Waals surface area contributed by atoms with Crippen LogP contribution in [-0.2, 0) is 15.0 Å². The van der Waals surface area contributed by atoms with Gasteiger partial charge in [0.1, 0.15) is 0 Å². The molecule has 1 heterocycles. The van der Waals surface area contributed by atoms with Crippen LogP contribution in [0.3, 0.4) is 0 Å². The number of benzene rings is 1. The number of carbonyl (C=O) groups is 2. The van der Waals surface area contributed by atoms with Crippen molar-refractivity contribution in [2.45, 2.75) is 24.7 Å². The summed E-state index contributed by atoms with van der Waals surface area (Å²) in [5, 5.41) is 7.41. The lowest BCUT2D eigenvalue weighted by molar-refractivity contribution is -0.140. The van der Waals surface area contributed by atoms with Crippen molar-refractivity contribution in [3.05, 3.63) is 47.0 Å². The van der Waals surface area contributed by atoms with E-state index < -0.39 is 0 Å². The second-order valence-corrected chi connectivity index (χ2v) is 9.40. The first-order valence-corrected chi connectivity index (χ1v) is 11.1. The van der Waals surface area contributed by atoms with Gasteiger partial charge in [0.05, 0.1) is 11.8 Å². The van der Waals surface area contributed by atoms with Crippen LogP contribution >= 0.6 is 11.6 Å². The Labute approximate surface area is 181 Å². The number of fused-ring (bicyclic) bond motifs is 5. The zero-order chi connectivity index (χ0) is 20.9. The maximum Gasteiger partial charge on any atom is 0.233 e. The average molecular weight is 427 g/mol. The molecule has 4 unspecified atom stereocenters. The van der Waals surface area contributed by atoms with Crippen molar-refractivity contribution >= 4 is 29.4 Å². The molecule has 1 aliphatic heterocycles. The number of hydrogen-bond donors (Lipinski definition) is 2. The number of nitrogens with one attached hydrogen (secondary N) is 2. The molecule has 2 bridgehead atoms. The second kappa shape index (κ2) is 7.41. The van der Waals surface area contributed by atoms with Crippen LogP contribution < -0.4 is 10.6 Å². The fourth-order valence-electron chi connectivity index (χ4n) is 5.47. The molecule has 0 spiro atoms. The van der Waals surface area contributed by atoms with Gasteiger partial charge in [-0.1, -0.05) is 35.9 Å². The normalized spacial score (nSPS) is 30.7. The molecule has 4 atom stereocenters. The highest BCUT2D eigenvalue weighted by Gasteiger charge is 2.58. The van der Waals surface area contributed by atoms with Crippen molar-refractivity contribution < 1.29 is 9.59 Å². The molecule has 2 saturated carbocycles. The van der Waals surface area contributed by atoms with Crippen molar-refractivity contribution in [2.24, 2.45) is 28.7 Å². The van der Waals surface area contributed by atoms with Crippen LogP contribution in [0.4, 0.5) is 0 Å². The molecule has 0 radical (unpaired) electrons. The average Bonchev–Trinajstić information content (AvgIpc) is 3.13.